The predicted octanol–water partition coefficient (Wildman–Crippen LogP) is 4.20. The number of ether oxygens (including phenoxy) is 1. The maximum absolute atomic E-state index is 6.32. The van der Waals surface area contributed by atoms with Gasteiger partial charge in [-0.2, -0.15) is 0 Å². The molecule has 1 heterocycles. The molecule has 0 fully saturated rings. The molecule has 2 heteroatoms. The van der Waals surface area contributed by atoms with Crippen molar-refractivity contribution in [2.75, 3.05) is 0 Å². The Morgan fingerprint density at radius 2 is 2.47 bits per heavy atom. The quantitative estimate of drug-likeness (QED) is 0.537. The molecular weight excluding hydrogens is 232 g/mol. The second-order valence-electron chi connectivity index (χ2n) is 4.02. The van der Waals surface area contributed by atoms with Crippen molar-refractivity contribution in [1.29, 1.82) is 0 Å². The molecule has 1 aliphatic rings. The normalized spacial score (nSPS) is 29.6. The second kappa shape index (κ2) is 8.03. The first-order chi connectivity index (χ1) is 8.27. The number of allylic oxidation sites excluding steroid dienone is 5. The van der Waals surface area contributed by atoms with Crippen molar-refractivity contribution >= 4 is 11.6 Å². The van der Waals surface area contributed by atoms with E-state index in [1.54, 1.807) is 6.08 Å². The Kier molecular flexibility index (Phi) is 6.58. The number of hydrogen-bond donors (Lipinski definition) is 0. The van der Waals surface area contributed by atoms with Gasteiger partial charge in [0.15, 0.2) is 0 Å². The van der Waals surface area contributed by atoms with Gasteiger partial charge in [-0.15, -0.1) is 18.0 Å². The van der Waals surface area contributed by atoms with Crippen LogP contribution in [0.5, 0.6) is 0 Å². The van der Waals surface area contributed by atoms with Crippen LogP contribution in [0.1, 0.15) is 32.6 Å². The Morgan fingerprint density at radius 1 is 1.65 bits per heavy atom. The summed E-state index contributed by atoms with van der Waals surface area (Å²) in [6.07, 6.45) is 18.6. The lowest BCUT2D eigenvalue weighted by Gasteiger charge is -2.24. The molecule has 0 amide bonds. The van der Waals surface area contributed by atoms with Gasteiger partial charge in [-0.25, -0.2) is 0 Å². The van der Waals surface area contributed by atoms with Crippen molar-refractivity contribution in [1.82, 2.24) is 0 Å². The minimum atomic E-state index is -0.00534. The van der Waals surface area contributed by atoms with Crippen molar-refractivity contribution in [2.24, 2.45) is 0 Å². The van der Waals surface area contributed by atoms with Crippen molar-refractivity contribution in [3.63, 3.8) is 0 Å². The summed E-state index contributed by atoms with van der Waals surface area (Å²) in [6.45, 7) is 2.14. The summed E-state index contributed by atoms with van der Waals surface area (Å²) in [5.41, 5.74) is 0. The Balaban J connectivity index is 2.67. The van der Waals surface area contributed by atoms with Gasteiger partial charge in [-0.3, -0.25) is 0 Å². The van der Waals surface area contributed by atoms with E-state index < -0.39 is 0 Å². The summed E-state index contributed by atoms with van der Waals surface area (Å²) in [6, 6.07) is 0. The molecule has 0 unspecified atom stereocenters. The molecule has 0 N–H and O–H groups in total. The smallest absolute Gasteiger partial charge is 0.118 e. The molecule has 0 radical (unpaired) electrons. The number of hydrogen-bond acceptors (Lipinski definition) is 1. The highest BCUT2D eigenvalue weighted by molar-refractivity contribution is 6.21. The lowest BCUT2D eigenvalue weighted by Crippen LogP contribution is -2.24. The maximum atomic E-state index is 6.32. The minimum absolute atomic E-state index is 0.00372. The van der Waals surface area contributed by atoms with Gasteiger partial charge in [-0.1, -0.05) is 31.1 Å². The Labute approximate surface area is 109 Å². The van der Waals surface area contributed by atoms with Crippen molar-refractivity contribution in [2.45, 2.75) is 44.1 Å². The van der Waals surface area contributed by atoms with E-state index in [0.717, 1.165) is 31.4 Å². The molecule has 0 spiro atoms. The first-order valence-electron chi connectivity index (χ1n) is 6.05. The van der Waals surface area contributed by atoms with Crippen LogP contribution in [0.4, 0.5) is 0 Å². The average molecular weight is 251 g/mol. The Bertz CT molecular complexity index is 346. The highest BCUT2D eigenvalue weighted by Crippen LogP contribution is 2.23. The van der Waals surface area contributed by atoms with Gasteiger partial charge in [0.05, 0.1) is 11.1 Å². The Morgan fingerprint density at radius 3 is 3.18 bits per heavy atom. The van der Waals surface area contributed by atoms with E-state index in [4.69, 9.17) is 22.8 Å². The average Bonchev–Trinajstić information content (AvgIpc) is 2.31. The first-order valence-corrected chi connectivity index (χ1v) is 6.49. The van der Waals surface area contributed by atoms with E-state index in [1.807, 2.05) is 18.2 Å². The van der Waals surface area contributed by atoms with Crippen LogP contribution in [0, 0.1) is 12.3 Å². The molecular formula is C15H19ClO. The van der Waals surface area contributed by atoms with Gasteiger partial charge in [0.2, 0.25) is 0 Å². The van der Waals surface area contributed by atoms with E-state index in [2.05, 4.69) is 18.9 Å². The highest BCUT2D eigenvalue weighted by Gasteiger charge is 2.20. The van der Waals surface area contributed by atoms with E-state index in [1.165, 1.54) is 0 Å². The van der Waals surface area contributed by atoms with Crippen LogP contribution in [-0.4, -0.2) is 11.5 Å². The van der Waals surface area contributed by atoms with Gasteiger partial charge in [0.1, 0.15) is 6.10 Å². The second-order valence-corrected chi connectivity index (χ2v) is 4.58. The fourth-order valence-electron chi connectivity index (χ4n) is 1.70. The lowest BCUT2D eigenvalue weighted by atomic mass is 10.1. The molecule has 0 bridgehead atoms. The van der Waals surface area contributed by atoms with Crippen LogP contribution in [0.2, 0.25) is 0 Å². The SMILES string of the molecule is C#C/C=C\C[C@H]1O/C(CCC)=C\C=C/C[C@H]1Cl. The largest absolute Gasteiger partial charge is 0.493 e. The zero-order chi connectivity index (χ0) is 12.5. The lowest BCUT2D eigenvalue weighted by molar-refractivity contribution is 0.107. The molecule has 0 saturated carbocycles. The molecule has 92 valence electrons. The molecule has 0 aromatic carbocycles. The molecule has 1 rings (SSSR count). The van der Waals surface area contributed by atoms with Crippen LogP contribution in [0.15, 0.2) is 36.1 Å². The van der Waals surface area contributed by atoms with Crippen molar-refractivity contribution in [3.8, 4) is 12.3 Å². The molecule has 0 aromatic rings. The third kappa shape index (κ3) is 5.15. The van der Waals surface area contributed by atoms with Crippen molar-refractivity contribution < 1.29 is 4.74 Å². The van der Waals surface area contributed by atoms with Gasteiger partial charge in [-0.05, 0) is 25.0 Å². The number of halogens is 1. The zero-order valence-corrected chi connectivity index (χ0v) is 11.0. The summed E-state index contributed by atoms with van der Waals surface area (Å²) >= 11 is 6.32. The highest BCUT2D eigenvalue weighted by atomic mass is 35.5. The number of terminal acetylenes is 1. The predicted molar refractivity (Wildman–Crippen MR) is 73.9 cm³/mol. The summed E-state index contributed by atoms with van der Waals surface area (Å²) in [5.74, 6) is 3.49. The zero-order valence-electron chi connectivity index (χ0n) is 10.2. The third-order valence-electron chi connectivity index (χ3n) is 2.56. The van der Waals surface area contributed by atoms with Gasteiger partial charge in [0, 0.05) is 12.8 Å². The van der Waals surface area contributed by atoms with Gasteiger partial charge in [0.25, 0.3) is 0 Å². The van der Waals surface area contributed by atoms with Crippen LogP contribution < -0.4 is 0 Å². The van der Waals surface area contributed by atoms with Crippen molar-refractivity contribution in [3.05, 3.63) is 36.1 Å². The number of rotatable bonds is 4. The molecule has 0 aromatic heterocycles. The minimum Gasteiger partial charge on any atom is -0.493 e. The maximum Gasteiger partial charge on any atom is 0.118 e. The summed E-state index contributed by atoms with van der Waals surface area (Å²) in [5, 5.41) is -0.00534. The molecule has 0 aliphatic carbocycles. The van der Waals surface area contributed by atoms with E-state index >= 15 is 0 Å². The molecule has 0 saturated heterocycles. The van der Waals surface area contributed by atoms with Crippen LogP contribution in [-0.2, 0) is 4.74 Å². The van der Waals surface area contributed by atoms with E-state index in [-0.39, 0.29) is 11.5 Å². The van der Waals surface area contributed by atoms with Crippen LogP contribution in [0.25, 0.3) is 0 Å². The summed E-state index contributed by atoms with van der Waals surface area (Å²) in [7, 11) is 0. The third-order valence-corrected chi connectivity index (χ3v) is 3.02. The monoisotopic (exact) mass is 250 g/mol. The fourth-order valence-corrected chi connectivity index (χ4v) is 1.96. The molecule has 1 nitrogen and oxygen atoms in total. The van der Waals surface area contributed by atoms with E-state index in [9.17, 15) is 0 Å². The van der Waals surface area contributed by atoms with Crippen LogP contribution >= 0.6 is 11.6 Å². The van der Waals surface area contributed by atoms with E-state index in [0.29, 0.717) is 0 Å². The van der Waals surface area contributed by atoms with Crippen LogP contribution in [0.3, 0.4) is 0 Å². The molecule has 1 aliphatic heterocycles. The first kappa shape index (κ1) is 13.9. The fraction of sp³-hybridized carbons (Fsp3) is 0.467. The topological polar surface area (TPSA) is 9.23 Å². The number of alkyl halides is 1. The standard InChI is InChI=1S/C15H19ClO/c1-3-5-6-12-15-14(16)11-8-7-10-13(17-15)9-4-2/h1,5-8,10,14-15H,4,9,11-12H2,2H3/b6-5-,8-7-,13-10-/t14-,15-/m1/s1. The summed E-state index contributed by atoms with van der Waals surface area (Å²) in [4.78, 5) is 0. The molecule has 2 atom stereocenters. The Hall–Kier alpha value is -1.13. The molecule has 17 heavy (non-hydrogen) atoms. The summed E-state index contributed by atoms with van der Waals surface area (Å²) < 4.78 is 5.95. The van der Waals surface area contributed by atoms with Gasteiger partial charge >= 0.3 is 0 Å². The van der Waals surface area contributed by atoms with Gasteiger partial charge < -0.3 is 4.74 Å².